The average molecular weight is 247 g/mol. The summed E-state index contributed by atoms with van der Waals surface area (Å²) in [5.74, 6) is 0.769. The van der Waals surface area contributed by atoms with Gasteiger partial charge < -0.3 is 10.6 Å². The molecule has 2 N–H and O–H groups in total. The topological polar surface area (TPSA) is 59.2 Å². The van der Waals surface area contributed by atoms with Gasteiger partial charge in [0, 0.05) is 31.2 Å². The fraction of sp³-hybridized carbons (Fsp3) is 0.571. The molecule has 0 atom stereocenters. The van der Waals surface area contributed by atoms with Crippen molar-refractivity contribution in [2.24, 2.45) is 17.1 Å². The molecule has 1 aliphatic carbocycles. The molecule has 1 aliphatic rings. The van der Waals surface area contributed by atoms with E-state index in [1.54, 1.807) is 12.4 Å². The number of hydrogen-bond acceptors (Lipinski definition) is 3. The molecule has 18 heavy (non-hydrogen) atoms. The third-order valence-corrected chi connectivity index (χ3v) is 3.86. The van der Waals surface area contributed by atoms with E-state index in [9.17, 15) is 4.79 Å². The normalized spacial score (nSPS) is 26.5. The number of rotatable bonds is 4. The molecule has 0 unspecified atom stereocenters. The van der Waals surface area contributed by atoms with Crippen molar-refractivity contribution in [2.75, 3.05) is 18.0 Å². The van der Waals surface area contributed by atoms with Crippen LogP contribution in [-0.2, 0) is 4.79 Å². The molecule has 1 aromatic rings. The van der Waals surface area contributed by atoms with Crippen molar-refractivity contribution in [2.45, 2.75) is 26.7 Å². The van der Waals surface area contributed by atoms with E-state index in [1.165, 1.54) is 0 Å². The molecule has 4 nitrogen and oxygen atoms in total. The number of hydrogen-bond donors (Lipinski definition) is 1. The first-order valence-electron chi connectivity index (χ1n) is 6.55. The number of carbonyl (C=O) groups is 1. The molecular weight excluding hydrogens is 226 g/mol. The van der Waals surface area contributed by atoms with Gasteiger partial charge in [-0.3, -0.25) is 9.78 Å². The van der Waals surface area contributed by atoms with Crippen molar-refractivity contribution in [3.63, 3.8) is 0 Å². The number of aromatic nitrogens is 1. The van der Waals surface area contributed by atoms with Crippen molar-refractivity contribution >= 4 is 11.6 Å². The Morgan fingerprint density at radius 3 is 2.56 bits per heavy atom. The van der Waals surface area contributed by atoms with Crippen LogP contribution in [0.4, 0.5) is 5.69 Å². The molecule has 1 aromatic heterocycles. The van der Waals surface area contributed by atoms with Gasteiger partial charge in [0.15, 0.2) is 0 Å². The highest BCUT2D eigenvalue weighted by atomic mass is 16.2. The Bertz CT molecular complexity index is 412. The SMILES string of the molecule is CCN(C(=O)C1(CN)CC(C)C1)c1ccncc1. The van der Waals surface area contributed by atoms with Gasteiger partial charge in [-0.15, -0.1) is 0 Å². The minimum atomic E-state index is -0.335. The Morgan fingerprint density at radius 2 is 2.11 bits per heavy atom. The molecule has 1 saturated carbocycles. The van der Waals surface area contributed by atoms with Crippen molar-refractivity contribution in [3.05, 3.63) is 24.5 Å². The monoisotopic (exact) mass is 247 g/mol. The summed E-state index contributed by atoms with van der Waals surface area (Å²) in [5, 5.41) is 0. The van der Waals surface area contributed by atoms with Crippen LogP contribution in [0.5, 0.6) is 0 Å². The molecule has 1 fully saturated rings. The molecule has 0 radical (unpaired) electrons. The third-order valence-electron chi connectivity index (χ3n) is 3.86. The summed E-state index contributed by atoms with van der Waals surface area (Å²) in [7, 11) is 0. The van der Waals surface area contributed by atoms with Gasteiger partial charge in [0.25, 0.3) is 0 Å². The van der Waals surface area contributed by atoms with Crippen LogP contribution in [0.1, 0.15) is 26.7 Å². The zero-order valence-electron chi connectivity index (χ0n) is 11.1. The average Bonchev–Trinajstić information content (AvgIpc) is 2.36. The minimum Gasteiger partial charge on any atom is -0.329 e. The number of pyridine rings is 1. The van der Waals surface area contributed by atoms with Gasteiger partial charge in [0.1, 0.15) is 0 Å². The van der Waals surface area contributed by atoms with Gasteiger partial charge >= 0.3 is 0 Å². The number of amides is 1. The molecular formula is C14H21N3O. The number of carbonyl (C=O) groups excluding carboxylic acids is 1. The Morgan fingerprint density at radius 1 is 1.50 bits per heavy atom. The van der Waals surface area contributed by atoms with Crippen molar-refractivity contribution in [1.29, 1.82) is 0 Å². The van der Waals surface area contributed by atoms with Crippen molar-refractivity contribution in [3.8, 4) is 0 Å². The second-order valence-corrected chi connectivity index (χ2v) is 5.25. The predicted molar refractivity (Wildman–Crippen MR) is 72.1 cm³/mol. The number of nitrogens with zero attached hydrogens (tertiary/aromatic N) is 2. The maximum Gasteiger partial charge on any atom is 0.234 e. The van der Waals surface area contributed by atoms with E-state index in [0.717, 1.165) is 18.5 Å². The third kappa shape index (κ3) is 2.12. The maximum atomic E-state index is 12.7. The largest absolute Gasteiger partial charge is 0.329 e. The smallest absolute Gasteiger partial charge is 0.234 e. The van der Waals surface area contributed by atoms with E-state index in [1.807, 2.05) is 24.0 Å². The molecule has 1 heterocycles. The molecule has 0 spiro atoms. The lowest BCUT2D eigenvalue weighted by atomic mass is 9.62. The highest BCUT2D eigenvalue weighted by molar-refractivity contribution is 5.98. The highest BCUT2D eigenvalue weighted by Gasteiger charge is 2.48. The molecule has 2 rings (SSSR count). The second-order valence-electron chi connectivity index (χ2n) is 5.25. The number of anilines is 1. The molecule has 0 aromatic carbocycles. The van der Waals surface area contributed by atoms with Crippen LogP contribution in [-0.4, -0.2) is 24.0 Å². The first kappa shape index (κ1) is 13.0. The van der Waals surface area contributed by atoms with Gasteiger partial charge in [-0.2, -0.15) is 0 Å². The summed E-state index contributed by atoms with van der Waals surface area (Å²) < 4.78 is 0. The van der Waals surface area contributed by atoms with Crippen LogP contribution in [0, 0.1) is 11.3 Å². The zero-order chi connectivity index (χ0) is 13.2. The first-order valence-corrected chi connectivity index (χ1v) is 6.55. The van der Waals surface area contributed by atoms with Crippen molar-refractivity contribution < 1.29 is 4.79 Å². The van der Waals surface area contributed by atoms with Gasteiger partial charge in [-0.1, -0.05) is 6.92 Å². The van der Waals surface area contributed by atoms with E-state index in [4.69, 9.17) is 5.73 Å². The van der Waals surface area contributed by atoms with Crippen LogP contribution in [0.3, 0.4) is 0 Å². The van der Waals surface area contributed by atoms with E-state index in [2.05, 4.69) is 11.9 Å². The fourth-order valence-electron chi connectivity index (χ4n) is 2.96. The predicted octanol–water partition coefficient (Wildman–Crippen LogP) is 1.81. The van der Waals surface area contributed by atoms with E-state index in [-0.39, 0.29) is 11.3 Å². The summed E-state index contributed by atoms with van der Waals surface area (Å²) in [6.07, 6.45) is 5.24. The molecule has 0 saturated heterocycles. The Balaban J connectivity index is 2.21. The van der Waals surface area contributed by atoms with Crippen LogP contribution < -0.4 is 10.6 Å². The lowest BCUT2D eigenvalue weighted by Gasteiger charge is -2.46. The minimum absolute atomic E-state index is 0.164. The van der Waals surface area contributed by atoms with Crippen molar-refractivity contribution in [1.82, 2.24) is 4.98 Å². The highest BCUT2D eigenvalue weighted by Crippen LogP contribution is 2.46. The lowest BCUT2D eigenvalue weighted by molar-refractivity contribution is -0.135. The van der Waals surface area contributed by atoms with Crippen LogP contribution in [0.25, 0.3) is 0 Å². The van der Waals surface area contributed by atoms with Crippen LogP contribution in [0.2, 0.25) is 0 Å². The van der Waals surface area contributed by atoms with Gasteiger partial charge in [-0.05, 0) is 37.8 Å². The summed E-state index contributed by atoms with van der Waals surface area (Å²) in [6.45, 7) is 5.27. The first-order chi connectivity index (χ1) is 8.63. The quantitative estimate of drug-likeness (QED) is 0.882. The summed E-state index contributed by atoms with van der Waals surface area (Å²) in [5.41, 5.74) is 6.42. The molecule has 1 amide bonds. The van der Waals surface area contributed by atoms with E-state index >= 15 is 0 Å². The Labute approximate surface area is 108 Å². The van der Waals surface area contributed by atoms with Gasteiger partial charge in [0.2, 0.25) is 5.91 Å². The zero-order valence-corrected chi connectivity index (χ0v) is 11.1. The molecule has 98 valence electrons. The lowest BCUT2D eigenvalue weighted by Crippen LogP contribution is -2.54. The Hall–Kier alpha value is -1.42. The molecule has 0 bridgehead atoms. The standard InChI is InChI=1S/C14H21N3O/c1-3-17(12-4-6-16-7-5-12)13(18)14(10-15)8-11(2)9-14/h4-7,11H,3,8-10,15H2,1-2H3. The Kier molecular flexibility index (Phi) is 3.66. The van der Waals surface area contributed by atoms with E-state index in [0.29, 0.717) is 19.0 Å². The van der Waals surface area contributed by atoms with E-state index < -0.39 is 0 Å². The summed E-state index contributed by atoms with van der Waals surface area (Å²) in [4.78, 5) is 18.5. The molecule has 0 aliphatic heterocycles. The van der Waals surface area contributed by atoms with Gasteiger partial charge in [-0.25, -0.2) is 0 Å². The fourth-order valence-corrected chi connectivity index (χ4v) is 2.96. The number of nitrogens with two attached hydrogens (primary N) is 1. The maximum absolute atomic E-state index is 12.7. The molecule has 4 heteroatoms. The summed E-state index contributed by atoms with van der Waals surface area (Å²) in [6, 6.07) is 3.74. The summed E-state index contributed by atoms with van der Waals surface area (Å²) >= 11 is 0. The second kappa shape index (κ2) is 5.06. The van der Waals surface area contributed by atoms with Crippen LogP contribution >= 0.6 is 0 Å². The van der Waals surface area contributed by atoms with Gasteiger partial charge in [0.05, 0.1) is 5.41 Å². The van der Waals surface area contributed by atoms with Crippen LogP contribution in [0.15, 0.2) is 24.5 Å².